The molecule has 1 saturated carbocycles. The summed E-state index contributed by atoms with van der Waals surface area (Å²) in [6.45, 7) is 22.2. The Hall–Kier alpha value is 0. The summed E-state index contributed by atoms with van der Waals surface area (Å²) >= 11 is 0. The minimum atomic E-state index is 0.446. The first-order chi connectivity index (χ1) is 7.52. The third-order valence-electron chi connectivity index (χ3n) is 7.68. The summed E-state index contributed by atoms with van der Waals surface area (Å²) in [5.74, 6) is 0.847. The van der Waals surface area contributed by atoms with Gasteiger partial charge in [0.15, 0.2) is 0 Å². The molecule has 0 radical (unpaired) electrons. The summed E-state index contributed by atoms with van der Waals surface area (Å²) < 4.78 is 0. The summed E-state index contributed by atoms with van der Waals surface area (Å²) in [7, 11) is 0. The normalized spacial score (nSPS) is 40.8. The highest BCUT2D eigenvalue weighted by atomic mass is 14.8. The highest BCUT2D eigenvalue weighted by Gasteiger charge is 2.74. The zero-order valence-electron chi connectivity index (χ0n) is 13.7. The van der Waals surface area contributed by atoms with E-state index < -0.39 is 0 Å². The average molecular weight is 238 g/mol. The van der Waals surface area contributed by atoms with Crippen LogP contribution in [0.1, 0.15) is 81.6 Å². The Bertz CT molecular complexity index is 266. The van der Waals surface area contributed by atoms with Crippen LogP contribution in [0.15, 0.2) is 0 Å². The monoisotopic (exact) mass is 238 g/mol. The van der Waals surface area contributed by atoms with Crippen molar-refractivity contribution in [3.63, 3.8) is 0 Å². The second-order valence-corrected chi connectivity index (χ2v) is 7.99. The van der Waals surface area contributed by atoms with Gasteiger partial charge in [0.2, 0.25) is 0 Å². The number of hydrogen-bond acceptors (Lipinski definition) is 0. The van der Waals surface area contributed by atoms with Gasteiger partial charge in [-0.05, 0) is 40.4 Å². The third-order valence-corrected chi connectivity index (χ3v) is 7.68. The van der Waals surface area contributed by atoms with Gasteiger partial charge in [-0.3, -0.25) is 0 Å². The van der Waals surface area contributed by atoms with Crippen LogP contribution in [-0.4, -0.2) is 0 Å². The molecule has 0 bridgehead atoms. The van der Waals surface area contributed by atoms with Crippen molar-refractivity contribution in [2.24, 2.45) is 27.6 Å². The molecule has 0 aromatic carbocycles. The maximum Gasteiger partial charge on any atom is -0.0210 e. The Labute approximate surface area is 110 Å². The Morgan fingerprint density at radius 1 is 0.765 bits per heavy atom. The second-order valence-electron chi connectivity index (χ2n) is 7.99. The molecule has 0 N–H and O–H groups in total. The molecule has 1 aliphatic carbocycles. The molecule has 0 heteroatoms. The minimum Gasteiger partial charge on any atom is -0.0651 e. The van der Waals surface area contributed by atoms with Crippen molar-refractivity contribution < 1.29 is 0 Å². The van der Waals surface area contributed by atoms with Crippen LogP contribution in [0, 0.1) is 27.6 Å². The summed E-state index contributed by atoms with van der Waals surface area (Å²) in [5, 5.41) is 0. The zero-order valence-corrected chi connectivity index (χ0v) is 13.7. The lowest BCUT2D eigenvalue weighted by Gasteiger charge is -2.79. The predicted molar refractivity (Wildman–Crippen MR) is 78.1 cm³/mol. The van der Waals surface area contributed by atoms with E-state index in [1.165, 1.54) is 19.3 Å². The van der Waals surface area contributed by atoms with Crippen molar-refractivity contribution in [2.75, 3.05) is 0 Å². The fourth-order valence-electron chi connectivity index (χ4n) is 4.95. The Kier molecular flexibility index (Phi) is 3.54. The van der Waals surface area contributed by atoms with Crippen molar-refractivity contribution in [3.8, 4) is 0 Å². The summed E-state index contributed by atoms with van der Waals surface area (Å²) in [6.07, 6.45) is 3.98. The van der Waals surface area contributed by atoms with Crippen LogP contribution in [0.25, 0.3) is 0 Å². The van der Waals surface area contributed by atoms with Gasteiger partial charge in [0.25, 0.3) is 0 Å². The molecule has 1 fully saturated rings. The fraction of sp³-hybridized carbons (Fsp3) is 1.00. The Morgan fingerprint density at radius 3 is 1.47 bits per heavy atom. The average Bonchev–Trinajstić information content (AvgIpc) is 2.25. The third kappa shape index (κ3) is 1.48. The van der Waals surface area contributed by atoms with Gasteiger partial charge >= 0.3 is 0 Å². The first kappa shape index (κ1) is 15.1. The molecule has 0 nitrogen and oxygen atoms in total. The molecule has 0 aromatic rings. The van der Waals surface area contributed by atoms with Crippen molar-refractivity contribution in [2.45, 2.75) is 81.6 Å². The molecule has 1 atom stereocenters. The van der Waals surface area contributed by atoms with Crippen LogP contribution < -0.4 is 0 Å². The van der Waals surface area contributed by atoms with Gasteiger partial charge in [0, 0.05) is 0 Å². The summed E-state index contributed by atoms with van der Waals surface area (Å²) in [4.78, 5) is 0. The summed E-state index contributed by atoms with van der Waals surface area (Å²) in [5.41, 5.74) is 1.84. The van der Waals surface area contributed by atoms with E-state index in [9.17, 15) is 0 Å². The highest BCUT2D eigenvalue weighted by molar-refractivity contribution is 5.22. The topological polar surface area (TPSA) is 0 Å². The van der Waals surface area contributed by atoms with Crippen LogP contribution in [0.3, 0.4) is 0 Å². The number of hydrogen-bond donors (Lipinski definition) is 0. The maximum atomic E-state index is 2.54. The second kappa shape index (κ2) is 4.00. The van der Waals surface area contributed by atoms with Gasteiger partial charge < -0.3 is 0 Å². The van der Waals surface area contributed by atoms with E-state index in [1.54, 1.807) is 0 Å². The van der Waals surface area contributed by atoms with E-state index in [-0.39, 0.29) is 0 Å². The van der Waals surface area contributed by atoms with Crippen LogP contribution in [0.4, 0.5) is 0 Å². The van der Waals surface area contributed by atoms with Crippen molar-refractivity contribution in [1.29, 1.82) is 0 Å². The lowest BCUT2D eigenvalue weighted by molar-refractivity contribution is -0.309. The van der Waals surface area contributed by atoms with E-state index >= 15 is 0 Å². The first-order valence-electron chi connectivity index (χ1n) is 7.52. The molecule has 0 aliphatic heterocycles. The molecule has 102 valence electrons. The standard InChI is InChI=1S/C17H34/c1-10-13(3)12-17(9)14(4,5)16(8,11-2)15(17,6)7/h13H,10-12H2,1-9H3. The van der Waals surface area contributed by atoms with Crippen LogP contribution in [0.5, 0.6) is 0 Å². The Balaban J connectivity index is 3.10. The van der Waals surface area contributed by atoms with Crippen LogP contribution >= 0.6 is 0 Å². The predicted octanol–water partition coefficient (Wildman–Crippen LogP) is 5.91. The minimum absolute atomic E-state index is 0.446. The lowest BCUT2D eigenvalue weighted by Crippen LogP contribution is -2.73. The highest BCUT2D eigenvalue weighted by Crippen LogP contribution is 2.80. The van der Waals surface area contributed by atoms with Gasteiger partial charge in [-0.2, -0.15) is 0 Å². The lowest BCUT2D eigenvalue weighted by atomic mass is 9.25. The largest absolute Gasteiger partial charge is 0.0651 e. The molecule has 0 spiro atoms. The van der Waals surface area contributed by atoms with E-state index in [2.05, 4.69) is 62.3 Å². The van der Waals surface area contributed by atoms with Crippen LogP contribution in [-0.2, 0) is 0 Å². The molecule has 1 aliphatic rings. The van der Waals surface area contributed by atoms with Gasteiger partial charge in [0.05, 0.1) is 0 Å². The van der Waals surface area contributed by atoms with E-state index in [0.717, 1.165) is 5.92 Å². The van der Waals surface area contributed by atoms with Gasteiger partial charge in [-0.1, -0.05) is 68.7 Å². The maximum absolute atomic E-state index is 2.54. The first-order valence-corrected chi connectivity index (χ1v) is 7.52. The molecule has 0 aromatic heterocycles. The smallest absolute Gasteiger partial charge is 0.0210 e. The Morgan fingerprint density at radius 2 is 1.18 bits per heavy atom. The van der Waals surface area contributed by atoms with E-state index in [1.807, 2.05) is 0 Å². The van der Waals surface area contributed by atoms with Crippen molar-refractivity contribution in [1.82, 2.24) is 0 Å². The SMILES string of the molecule is CCC(C)CC1(C)C(C)(C)C(C)(CC)C1(C)C. The zero-order chi connectivity index (χ0) is 13.7. The summed E-state index contributed by atoms with van der Waals surface area (Å²) in [6, 6.07) is 0. The molecular weight excluding hydrogens is 204 g/mol. The molecule has 1 rings (SSSR count). The van der Waals surface area contributed by atoms with E-state index in [0.29, 0.717) is 21.7 Å². The molecular formula is C17H34. The molecule has 1 unspecified atom stereocenters. The van der Waals surface area contributed by atoms with Crippen LogP contribution in [0.2, 0.25) is 0 Å². The molecule has 0 saturated heterocycles. The quantitative estimate of drug-likeness (QED) is 0.571. The number of rotatable bonds is 4. The van der Waals surface area contributed by atoms with Gasteiger partial charge in [-0.15, -0.1) is 0 Å². The van der Waals surface area contributed by atoms with E-state index in [4.69, 9.17) is 0 Å². The fourth-order valence-corrected chi connectivity index (χ4v) is 4.95. The van der Waals surface area contributed by atoms with Gasteiger partial charge in [-0.25, -0.2) is 0 Å². The van der Waals surface area contributed by atoms with Crippen molar-refractivity contribution >= 4 is 0 Å². The van der Waals surface area contributed by atoms with Crippen molar-refractivity contribution in [3.05, 3.63) is 0 Å². The molecule has 0 amide bonds. The molecule has 17 heavy (non-hydrogen) atoms. The molecule has 0 heterocycles. The van der Waals surface area contributed by atoms with Gasteiger partial charge in [0.1, 0.15) is 0 Å².